The van der Waals surface area contributed by atoms with Gasteiger partial charge in [0, 0.05) is 50.1 Å². The fourth-order valence-electron chi connectivity index (χ4n) is 5.39. The Morgan fingerprint density at radius 1 is 1.26 bits per heavy atom. The quantitative estimate of drug-likeness (QED) is 0.580. The second kappa shape index (κ2) is 9.34. The van der Waals surface area contributed by atoms with Gasteiger partial charge in [0.15, 0.2) is 0 Å². The van der Waals surface area contributed by atoms with Crippen molar-refractivity contribution in [2.24, 2.45) is 5.73 Å². The molecule has 0 spiro atoms. The van der Waals surface area contributed by atoms with Gasteiger partial charge in [0.2, 0.25) is 17.7 Å². The molecule has 3 heterocycles. The van der Waals surface area contributed by atoms with Crippen molar-refractivity contribution in [2.45, 2.75) is 63.4 Å². The first kappa shape index (κ1) is 24.2. The van der Waals surface area contributed by atoms with Crippen LogP contribution in [0.25, 0.3) is 10.9 Å². The van der Waals surface area contributed by atoms with Crippen LogP contribution < -0.4 is 11.1 Å². The number of benzene rings is 1. The molecule has 0 saturated carbocycles. The summed E-state index contributed by atoms with van der Waals surface area (Å²) in [6.07, 6.45) is 1.90. The number of halogens is 1. The fraction of sp³-hybridized carbons (Fsp3) is 0.542. The van der Waals surface area contributed by atoms with E-state index in [1.165, 1.54) is 26.2 Å². The van der Waals surface area contributed by atoms with Crippen LogP contribution in [0.5, 0.6) is 0 Å². The van der Waals surface area contributed by atoms with Gasteiger partial charge in [-0.15, -0.1) is 0 Å². The van der Waals surface area contributed by atoms with Crippen molar-refractivity contribution >= 4 is 28.6 Å². The lowest BCUT2D eigenvalue weighted by molar-refractivity contribution is -0.141. The Kier molecular flexibility index (Phi) is 6.64. The number of aromatic amines is 1. The predicted molar refractivity (Wildman–Crippen MR) is 124 cm³/mol. The Morgan fingerprint density at radius 2 is 2.00 bits per heavy atom. The standard InChI is InChI=1S/C24H32FN5O4/c1-12(26)23(32)28-21(13(2)34-4)24(33)29-8-7-20-22(29)18(11-30(20)14(3)31)17-10-27-19-9-15(25)5-6-16(17)19/h5-6,9-10,12-13,18,20-22,27H,7-8,11,26H2,1-4H3,(H,28,32)/t12-,13?,18+,20+,21?,22+/m0/s1. The van der Waals surface area contributed by atoms with Crippen LogP contribution in [-0.4, -0.2) is 83.0 Å². The van der Waals surface area contributed by atoms with Crippen molar-refractivity contribution in [3.63, 3.8) is 0 Å². The maximum atomic E-state index is 13.8. The number of carbonyl (C=O) groups excluding carboxylic acids is 3. The lowest BCUT2D eigenvalue weighted by atomic mass is 9.91. The number of hydrogen-bond acceptors (Lipinski definition) is 5. The van der Waals surface area contributed by atoms with Crippen molar-refractivity contribution in [2.75, 3.05) is 20.2 Å². The number of methoxy groups -OCH3 is 1. The lowest BCUT2D eigenvalue weighted by Gasteiger charge is -2.33. The first-order valence-corrected chi connectivity index (χ1v) is 11.6. The first-order valence-electron chi connectivity index (χ1n) is 11.6. The summed E-state index contributed by atoms with van der Waals surface area (Å²) in [5.41, 5.74) is 7.31. The zero-order valence-corrected chi connectivity index (χ0v) is 19.9. The van der Waals surface area contributed by atoms with Crippen LogP contribution in [0.2, 0.25) is 0 Å². The van der Waals surface area contributed by atoms with Crippen molar-refractivity contribution in [1.29, 1.82) is 0 Å². The summed E-state index contributed by atoms with van der Waals surface area (Å²) in [6, 6.07) is 2.47. The van der Waals surface area contributed by atoms with Crippen molar-refractivity contribution < 1.29 is 23.5 Å². The molecule has 0 bridgehead atoms. The summed E-state index contributed by atoms with van der Waals surface area (Å²) in [6.45, 7) is 5.71. The normalized spacial score (nSPS) is 24.7. The van der Waals surface area contributed by atoms with Gasteiger partial charge in [-0.25, -0.2) is 4.39 Å². The van der Waals surface area contributed by atoms with Gasteiger partial charge in [0.25, 0.3) is 0 Å². The number of nitrogens with zero attached hydrogens (tertiary/aromatic N) is 2. The largest absolute Gasteiger partial charge is 0.379 e. The topological polar surface area (TPSA) is 121 Å². The number of rotatable bonds is 6. The van der Waals surface area contributed by atoms with Crippen molar-refractivity contribution in [1.82, 2.24) is 20.1 Å². The van der Waals surface area contributed by atoms with E-state index in [1.54, 1.807) is 24.8 Å². The Morgan fingerprint density at radius 3 is 2.65 bits per heavy atom. The minimum Gasteiger partial charge on any atom is -0.379 e. The van der Waals surface area contributed by atoms with E-state index in [0.29, 0.717) is 25.0 Å². The molecule has 10 heteroatoms. The van der Waals surface area contributed by atoms with Crippen LogP contribution in [0.15, 0.2) is 24.4 Å². The van der Waals surface area contributed by atoms with Gasteiger partial charge < -0.3 is 30.6 Å². The molecular weight excluding hydrogens is 441 g/mol. The molecule has 184 valence electrons. The summed E-state index contributed by atoms with van der Waals surface area (Å²) in [4.78, 5) is 45.3. The smallest absolute Gasteiger partial charge is 0.248 e. The number of nitrogens with one attached hydrogen (secondary N) is 2. The minimum absolute atomic E-state index is 0.0512. The lowest BCUT2D eigenvalue weighted by Crippen LogP contribution is -2.58. The highest BCUT2D eigenvalue weighted by molar-refractivity contribution is 5.91. The number of ether oxygens (including phenoxy) is 1. The van der Waals surface area contributed by atoms with Gasteiger partial charge in [-0.3, -0.25) is 14.4 Å². The van der Waals surface area contributed by atoms with E-state index in [2.05, 4.69) is 10.3 Å². The molecule has 0 aliphatic carbocycles. The molecule has 1 aromatic heterocycles. The minimum atomic E-state index is -0.911. The summed E-state index contributed by atoms with van der Waals surface area (Å²) < 4.78 is 19.2. The SMILES string of the molecule is COC(C)C(NC(=O)[C@H](C)N)C(=O)N1CC[C@@H]2[C@H]1[C@@H](c1c[nH]c3cc(F)ccc13)CN2C(C)=O. The third-order valence-corrected chi connectivity index (χ3v) is 7.21. The number of nitrogens with two attached hydrogens (primary N) is 1. The van der Waals surface area contributed by atoms with Crippen molar-refractivity contribution in [3.05, 3.63) is 35.8 Å². The van der Waals surface area contributed by atoms with Crippen LogP contribution in [0.4, 0.5) is 4.39 Å². The summed E-state index contributed by atoms with van der Waals surface area (Å²) in [7, 11) is 1.48. The molecule has 6 atom stereocenters. The first-order chi connectivity index (χ1) is 16.1. The zero-order valence-electron chi connectivity index (χ0n) is 19.9. The number of fused-ring (bicyclic) bond motifs is 2. The van der Waals surface area contributed by atoms with Crippen LogP contribution in [0.1, 0.15) is 38.7 Å². The number of H-pyrrole nitrogens is 1. The van der Waals surface area contributed by atoms with E-state index >= 15 is 0 Å². The number of likely N-dealkylation sites (tertiary alicyclic amines) is 2. The van der Waals surface area contributed by atoms with Gasteiger partial charge in [-0.2, -0.15) is 0 Å². The van der Waals surface area contributed by atoms with Gasteiger partial charge in [-0.05, 0) is 44.0 Å². The molecule has 2 saturated heterocycles. The van der Waals surface area contributed by atoms with E-state index in [0.717, 1.165) is 10.9 Å². The van der Waals surface area contributed by atoms with Crippen LogP contribution in [0, 0.1) is 5.82 Å². The highest BCUT2D eigenvalue weighted by Crippen LogP contribution is 2.43. The average Bonchev–Trinajstić information content (AvgIpc) is 3.49. The molecule has 4 rings (SSSR count). The summed E-state index contributed by atoms with van der Waals surface area (Å²) in [5, 5.41) is 3.60. The van der Waals surface area contributed by atoms with Crippen LogP contribution in [-0.2, 0) is 19.1 Å². The van der Waals surface area contributed by atoms with Gasteiger partial charge in [0.1, 0.15) is 11.9 Å². The van der Waals surface area contributed by atoms with E-state index < -0.39 is 24.1 Å². The van der Waals surface area contributed by atoms with E-state index in [1.807, 2.05) is 11.1 Å². The number of carbonyl (C=O) groups is 3. The maximum Gasteiger partial charge on any atom is 0.248 e. The van der Waals surface area contributed by atoms with Crippen LogP contribution >= 0.6 is 0 Å². The average molecular weight is 474 g/mol. The third-order valence-electron chi connectivity index (χ3n) is 7.21. The maximum absolute atomic E-state index is 13.8. The molecule has 0 radical (unpaired) electrons. The van der Waals surface area contributed by atoms with E-state index in [9.17, 15) is 18.8 Å². The predicted octanol–water partition coefficient (Wildman–Crippen LogP) is 1.09. The Labute approximate surface area is 197 Å². The molecular formula is C24H32FN5O4. The highest BCUT2D eigenvalue weighted by atomic mass is 19.1. The monoisotopic (exact) mass is 473 g/mol. The Bertz CT molecular complexity index is 1100. The van der Waals surface area contributed by atoms with E-state index in [4.69, 9.17) is 10.5 Å². The van der Waals surface area contributed by atoms with Gasteiger partial charge in [-0.1, -0.05) is 0 Å². The molecule has 34 heavy (non-hydrogen) atoms. The molecule has 2 aromatic rings. The molecule has 2 aliphatic rings. The fourth-order valence-corrected chi connectivity index (χ4v) is 5.39. The summed E-state index contributed by atoms with van der Waals surface area (Å²) in [5.74, 6) is -1.26. The molecule has 2 unspecified atom stereocenters. The van der Waals surface area contributed by atoms with Gasteiger partial charge >= 0.3 is 0 Å². The Hall–Kier alpha value is -2.98. The molecule has 1 aromatic carbocycles. The number of amides is 3. The number of hydrogen-bond donors (Lipinski definition) is 3. The molecule has 3 amide bonds. The second-order valence-corrected chi connectivity index (χ2v) is 9.31. The molecule has 4 N–H and O–H groups in total. The van der Waals surface area contributed by atoms with E-state index in [-0.39, 0.29) is 35.6 Å². The Balaban J connectivity index is 1.70. The summed E-state index contributed by atoms with van der Waals surface area (Å²) >= 11 is 0. The van der Waals surface area contributed by atoms with Crippen LogP contribution in [0.3, 0.4) is 0 Å². The zero-order chi connectivity index (χ0) is 24.7. The van der Waals surface area contributed by atoms with Gasteiger partial charge in [0.05, 0.1) is 24.2 Å². The van der Waals surface area contributed by atoms with Crippen molar-refractivity contribution in [3.8, 4) is 0 Å². The second-order valence-electron chi connectivity index (χ2n) is 9.31. The number of aromatic nitrogens is 1. The third kappa shape index (κ3) is 4.16. The molecule has 2 fully saturated rings. The highest BCUT2D eigenvalue weighted by Gasteiger charge is 2.53. The molecule has 9 nitrogen and oxygen atoms in total. The molecule has 2 aliphatic heterocycles.